The van der Waals surface area contributed by atoms with Crippen LogP contribution in [-0.4, -0.2) is 75.4 Å². The van der Waals surface area contributed by atoms with Crippen molar-refractivity contribution in [1.82, 2.24) is 20.5 Å². The Morgan fingerprint density at radius 3 is 2.42 bits per heavy atom. The number of aromatic nitrogens is 2. The minimum Gasteiger partial charge on any atom is -0.481 e. The molecule has 10 nitrogen and oxygen atoms in total. The molecule has 1 aromatic carbocycles. The lowest BCUT2D eigenvalue weighted by Gasteiger charge is -2.55. The average molecular weight is 483 g/mol. The number of benzene rings is 1. The minimum atomic E-state index is -1.74. The number of fused-ring (bicyclic) bond motifs is 1. The van der Waals surface area contributed by atoms with Crippen LogP contribution >= 0.6 is 12.4 Å². The van der Waals surface area contributed by atoms with E-state index in [0.717, 1.165) is 0 Å². The molecule has 11 heteroatoms. The van der Waals surface area contributed by atoms with Gasteiger partial charge in [-0.25, -0.2) is 4.63 Å². The summed E-state index contributed by atoms with van der Waals surface area (Å²) < 4.78 is 4.88. The predicted octanol–water partition coefficient (Wildman–Crippen LogP) is 2.18. The first kappa shape index (κ1) is 26.7. The van der Waals surface area contributed by atoms with Crippen LogP contribution in [-0.2, 0) is 14.4 Å². The van der Waals surface area contributed by atoms with Gasteiger partial charge in [0.2, 0.25) is 0 Å². The largest absolute Gasteiger partial charge is 0.481 e. The molecule has 2 heterocycles. The number of carbonyl (C=O) groups is 3. The van der Waals surface area contributed by atoms with E-state index in [0.29, 0.717) is 42.5 Å². The van der Waals surface area contributed by atoms with E-state index in [1.165, 1.54) is 6.92 Å². The number of aldehydes is 1. The van der Waals surface area contributed by atoms with E-state index in [1.807, 2.05) is 13.8 Å². The number of halogens is 1. The summed E-state index contributed by atoms with van der Waals surface area (Å²) in [6, 6.07) is 3.19. The first-order valence-electron chi connectivity index (χ1n) is 10.8. The second kappa shape index (κ2) is 10.1. The number of hydrogen-bond acceptors (Lipinski definition) is 8. The molecule has 33 heavy (non-hydrogen) atoms. The van der Waals surface area contributed by atoms with Gasteiger partial charge in [-0.2, -0.15) is 0 Å². The first-order valence-corrected chi connectivity index (χ1v) is 10.8. The summed E-state index contributed by atoms with van der Waals surface area (Å²) in [5.41, 5.74) is -2.20. The topological polar surface area (TPSA) is 146 Å². The quantitative estimate of drug-likeness (QED) is 0.454. The van der Waals surface area contributed by atoms with Crippen molar-refractivity contribution in [3.05, 3.63) is 23.8 Å². The molecule has 5 atom stereocenters. The van der Waals surface area contributed by atoms with Gasteiger partial charge in [-0.05, 0) is 61.8 Å². The number of nitrogens with zero attached hydrogens (tertiary/aromatic N) is 3. The third-order valence-electron chi connectivity index (χ3n) is 7.36. The Labute approximate surface area is 198 Å². The lowest BCUT2D eigenvalue weighted by molar-refractivity contribution is -0.173. The highest BCUT2D eigenvalue weighted by Gasteiger charge is 2.66. The third kappa shape index (κ3) is 4.11. The predicted molar refractivity (Wildman–Crippen MR) is 122 cm³/mol. The Balaban J connectivity index is 0.00000385. The second-order valence-electron chi connectivity index (χ2n) is 8.62. The van der Waals surface area contributed by atoms with E-state index >= 15 is 0 Å². The van der Waals surface area contributed by atoms with Crippen molar-refractivity contribution in [3.8, 4) is 0 Å². The van der Waals surface area contributed by atoms with Gasteiger partial charge >= 0.3 is 11.9 Å². The van der Waals surface area contributed by atoms with Crippen molar-refractivity contribution in [2.24, 2.45) is 10.8 Å². The molecule has 182 valence electrons. The van der Waals surface area contributed by atoms with E-state index in [4.69, 9.17) is 4.63 Å². The molecule has 0 bridgehead atoms. The maximum atomic E-state index is 13.0. The van der Waals surface area contributed by atoms with Gasteiger partial charge in [-0.1, -0.05) is 26.0 Å². The summed E-state index contributed by atoms with van der Waals surface area (Å²) in [4.78, 5) is 40.1. The molecule has 1 saturated heterocycles. The normalized spacial score (nSPS) is 29.5. The molecule has 3 N–H and O–H groups in total. The Bertz CT molecular complexity index is 1010. The number of hydrogen-bond donors (Lipinski definition) is 3. The maximum Gasteiger partial charge on any atom is 0.312 e. The standard InChI is InChI=1S/C22H30N4O6.ClH/c1-5-26(6-2)11-10-22(20(30)31)16(12-27)23-13(3)21(4,19(28)29)18(22)14-8-7-9-15-17(14)25-32-24-15;/h7-9,12-13,16,18,23H,5-6,10-11H2,1-4H3,(H,28,29)(H,30,31);1H. The molecule has 0 radical (unpaired) electrons. The van der Waals surface area contributed by atoms with Crippen LogP contribution in [0.3, 0.4) is 0 Å². The van der Waals surface area contributed by atoms with E-state index in [2.05, 4.69) is 20.5 Å². The molecule has 1 aliphatic heterocycles. The van der Waals surface area contributed by atoms with Gasteiger partial charge in [0.25, 0.3) is 0 Å². The lowest BCUT2D eigenvalue weighted by Crippen LogP contribution is -2.70. The maximum absolute atomic E-state index is 13.0. The minimum absolute atomic E-state index is 0. The van der Waals surface area contributed by atoms with Crippen LogP contribution in [0.2, 0.25) is 0 Å². The fourth-order valence-corrected chi connectivity index (χ4v) is 5.23. The van der Waals surface area contributed by atoms with Gasteiger partial charge in [0.05, 0.1) is 16.9 Å². The summed E-state index contributed by atoms with van der Waals surface area (Å²) in [5.74, 6) is -3.47. The SMILES string of the molecule is CCN(CC)CCC1(C(=O)O)C(C=O)NC(C)C(C)(C(=O)O)C1c1cccc2nonc12.Cl. The number of piperidine rings is 1. The van der Waals surface area contributed by atoms with Crippen molar-refractivity contribution in [2.45, 2.75) is 52.1 Å². The first-order chi connectivity index (χ1) is 15.2. The zero-order chi connectivity index (χ0) is 23.7. The Kier molecular flexibility index (Phi) is 8.21. The summed E-state index contributed by atoms with van der Waals surface area (Å²) in [6.07, 6.45) is 0.658. The highest BCUT2D eigenvalue weighted by Crippen LogP contribution is 2.57. The van der Waals surface area contributed by atoms with Crippen LogP contribution in [0.4, 0.5) is 0 Å². The number of aliphatic carboxylic acids is 2. The van der Waals surface area contributed by atoms with E-state index in [9.17, 15) is 24.6 Å². The summed E-state index contributed by atoms with van der Waals surface area (Å²) in [7, 11) is 0. The number of rotatable bonds is 9. The van der Waals surface area contributed by atoms with Crippen LogP contribution in [0.25, 0.3) is 11.0 Å². The van der Waals surface area contributed by atoms with Crippen LogP contribution in [0.5, 0.6) is 0 Å². The Hall–Kier alpha value is -2.56. The molecular formula is C22H31ClN4O6. The highest BCUT2D eigenvalue weighted by molar-refractivity contribution is 5.90. The van der Waals surface area contributed by atoms with E-state index in [-0.39, 0.29) is 18.8 Å². The molecule has 0 saturated carbocycles. The highest BCUT2D eigenvalue weighted by atomic mass is 35.5. The molecule has 2 aromatic rings. The second-order valence-corrected chi connectivity index (χ2v) is 8.62. The number of carboxylic acid groups (broad SMARTS) is 2. The van der Waals surface area contributed by atoms with Gasteiger partial charge in [0, 0.05) is 12.0 Å². The summed E-state index contributed by atoms with van der Waals surface area (Å²) in [5, 5.41) is 31.8. The molecule has 0 amide bonds. The number of nitrogens with one attached hydrogen (secondary N) is 1. The Morgan fingerprint density at radius 2 is 1.88 bits per heavy atom. The third-order valence-corrected chi connectivity index (χ3v) is 7.36. The van der Waals surface area contributed by atoms with Crippen molar-refractivity contribution < 1.29 is 29.2 Å². The summed E-state index contributed by atoms with van der Waals surface area (Å²) in [6.45, 7) is 8.91. The zero-order valence-electron chi connectivity index (χ0n) is 19.1. The fourth-order valence-electron chi connectivity index (χ4n) is 5.23. The van der Waals surface area contributed by atoms with Crippen LogP contribution in [0.15, 0.2) is 22.8 Å². The van der Waals surface area contributed by atoms with Gasteiger partial charge < -0.3 is 25.2 Å². The molecule has 1 aliphatic rings. The smallest absolute Gasteiger partial charge is 0.312 e. The lowest BCUT2D eigenvalue weighted by atomic mass is 9.51. The van der Waals surface area contributed by atoms with Gasteiger partial charge in [0.15, 0.2) is 0 Å². The van der Waals surface area contributed by atoms with Crippen molar-refractivity contribution in [1.29, 1.82) is 0 Å². The van der Waals surface area contributed by atoms with Crippen molar-refractivity contribution in [3.63, 3.8) is 0 Å². The molecular weight excluding hydrogens is 452 g/mol. The van der Waals surface area contributed by atoms with Gasteiger partial charge in [-0.15, -0.1) is 12.4 Å². The van der Waals surface area contributed by atoms with E-state index in [1.54, 1.807) is 25.1 Å². The zero-order valence-corrected chi connectivity index (χ0v) is 20.0. The molecule has 5 unspecified atom stereocenters. The van der Waals surface area contributed by atoms with Crippen LogP contribution in [0.1, 0.15) is 45.6 Å². The van der Waals surface area contributed by atoms with Crippen LogP contribution in [0, 0.1) is 10.8 Å². The average Bonchev–Trinajstić information content (AvgIpc) is 3.25. The molecule has 0 spiro atoms. The summed E-state index contributed by atoms with van der Waals surface area (Å²) >= 11 is 0. The number of carbonyl (C=O) groups excluding carboxylic acids is 1. The molecule has 1 aromatic heterocycles. The Morgan fingerprint density at radius 1 is 1.21 bits per heavy atom. The van der Waals surface area contributed by atoms with Gasteiger partial charge in [-0.3, -0.25) is 9.59 Å². The van der Waals surface area contributed by atoms with Gasteiger partial charge in [0.1, 0.15) is 17.3 Å². The molecule has 0 aliphatic carbocycles. The monoisotopic (exact) mass is 482 g/mol. The molecule has 1 fully saturated rings. The van der Waals surface area contributed by atoms with Crippen molar-refractivity contribution in [2.75, 3.05) is 19.6 Å². The van der Waals surface area contributed by atoms with E-state index < -0.39 is 40.8 Å². The molecule has 3 rings (SSSR count). The van der Waals surface area contributed by atoms with Crippen LogP contribution < -0.4 is 5.32 Å². The fraction of sp³-hybridized carbons (Fsp3) is 0.591. The number of carboxylic acids is 2. The van der Waals surface area contributed by atoms with Crippen molar-refractivity contribution >= 4 is 41.7 Å².